The molecule has 0 saturated carbocycles. The summed E-state index contributed by atoms with van der Waals surface area (Å²) in [6.07, 6.45) is 1.21. The Hall–Kier alpha value is -1.35. The molecule has 25 heavy (non-hydrogen) atoms. The maximum absolute atomic E-state index is 12.4. The van der Waals surface area contributed by atoms with Crippen molar-refractivity contribution in [3.8, 4) is 0 Å². The van der Waals surface area contributed by atoms with Gasteiger partial charge in [-0.3, -0.25) is 4.18 Å². The van der Waals surface area contributed by atoms with Gasteiger partial charge in [0.1, 0.15) is 17.2 Å². The molecule has 9 heteroatoms. The van der Waals surface area contributed by atoms with Gasteiger partial charge in [-0.1, -0.05) is 6.92 Å². The third-order valence-corrected chi connectivity index (χ3v) is 3.73. The third kappa shape index (κ3) is 12.6. The zero-order valence-electron chi connectivity index (χ0n) is 16.2. The summed E-state index contributed by atoms with van der Waals surface area (Å²) in [5.74, 6) is -0.600. The topological polar surface area (TPSA) is 108 Å². The normalized spacial score (nSPS) is 13.9. The first-order valence-electron chi connectivity index (χ1n) is 8.22. The van der Waals surface area contributed by atoms with Crippen LogP contribution in [-0.4, -0.2) is 50.6 Å². The van der Waals surface area contributed by atoms with Crippen LogP contribution < -0.4 is 5.32 Å². The lowest BCUT2D eigenvalue weighted by Gasteiger charge is -2.28. The molecule has 0 bridgehead atoms. The highest BCUT2D eigenvalue weighted by Gasteiger charge is 2.29. The molecule has 0 fully saturated rings. The molecule has 0 unspecified atom stereocenters. The van der Waals surface area contributed by atoms with Crippen molar-refractivity contribution in [3.63, 3.8) is 0 Å². The van der Waals surface area contributed by atoms with Crippen molar-refractivity contribution in [2.45, 2.75) is 78.0 Å². The fraction of sp³-hybridized carbons (Fsp3) is 0.875. The van der Waals surface area contributed by atoms with Crippen molar-refractivity contribution in [1.29, 1.82) is 0 Å². The molecule has 0 saturated heterocycles. The van der Waals surface area contributed by atoms with E-state index in [1.807, 2.05) is 6.92 Å². The van der Waals surface area contributed by atoms with Crippen molar-refractivity contribution in [1.82, 2.24) is 5.32 Å². The number of amides is 1. The Bertz CT molecular complexity index is 549. The Balaban J connectivity index is 4.86. The van der Waals surface area contributed by atoms with E-state index < -0.39 is 39.4 Å². The number of esters is 1. The van der Waals surface area contributed by atoms with Crippen LogP contribution in [0.15, 0.2) is 0 Å². The second-order valence-electron chi connectivity index (χ2n) is 7.40. The van der Waals surface area contributed by atoms with E-state index in [1.165, 1.54) is 0 Å². The SMILES string of the molecule is CCC(C)(C)OC(=O)[C@H](CCCOS(C)(=O)=O)NC(=O)OC(C)(C)C. The van der Waals surface area contributed by atoms with Gasteiger partial charge >= 0.3 is 12.1 Å². The molecule has 0 heterocycles. The molecule has 0 rings (SSSR count). The first-order chi connectivity index (χ1) is 11.2. The Morgan fingerprint density at radius 2 is 1.64 bits per heavy atom. The molecule has 0 aliphatic carbocycles. The summed E-state index contributed by atoms with van der Waals surface area (Å²) in [4.78, 5) is 24.3. The number of alkyl carbamates (subject to hydrolysis) is 1. The summed E-state index contributed by atoms with van der Waals surface area (Å²) in [7, 11) is -3.55. The minimum atomic E-state index is -3.55. The fourth-order valence-corrected chi connectivity index (χ4v) is 2.03. The van der Waals surface area contributed by atoms with Crippen LogP contribution >= 0.6 is 0 Å². The zero-order chi connectivity index (χ0) is 19.9. The maximum atomic E-state index is 12.4. The van der Waals surface area contributed by atoms with Gasteiger partial charge in [0.25, 0.3) is 10.1 Å². The maximum Gasteiger partial charge on any atom is 0.408 e. The first kappa shape index (κ1) is 23.6. The third-order valence-electron chi connectivity index (χ3n) is 3.14. The summed E-state index contributed by atoms with van der Waals surface area (Å²) < 4.78 is 37.1. The molecule has 1 N–H and O–H groups in total. The van der Waals surface area contributed by atoms with Crippen molar-refractivity contribution in [2.75, 3.05) is 12.9 Å². The van der Waals surface area contributed by atoms with Gasteiger partial charge in [0.15, 0.2) is 0 Å². The van der Waals surface area contributed by atoms with Crippen LogP contribution in [0.3, 0.4) is 0 Å². The molecular weight excluding hydrogens is 350 g/mol. The Labute approximate surface area is 150 Å². The largest absolute Gasteiger partial charge is 0.458 e. The number of nitrogens with one attached hydrogen (secondary N) is 1. The van der Waals surface area contributed by atoms with E-state index in [2.05, 4.69) is 9.50 Å². The van der Waals surface area contributed by atoms with Gasteiger partial charge in [-0.05, 0) is 53.9 Å². The van der Waals surface area contributed by atoms with Crippen LogP contribution in [0, 0.1) is 0 Å². The predicted octanol–water partition coefficient (Wildman–Crippen LogP) is 2.37. The van der Waals surface area contributed by atoms with Crippen molar-refractivity contribution in [3.05, 3.63) is 0 Å². The van der Waals surface area contributed by atoms with Crippen molar-refractivity contribution < 1.29 is 31.7 Å². The summed E-state index contributed by atoms with van der Waals surface area (Å²) in [5, 5.41) is 2.48. The Morgan fingerprint density at radius 3 is 2.08 bits per heavy atom. The number of carbonyl (C=O) groups is 2. The van der Waals surface area contributed by atoms with Gasteiger partial charge in [0, 0.05) is 0 Å². The molecule has 0 spiro atoms. The zero-order valence-corrected chi connectivity index (χ0v) is 17.0. The molecule has 0 aromatic rings. The highest BCUT2D eigenvalue weighted by Crippen LogP contribution is 2.16. The minimum absolute atomic E-state index is 0.0875. The van der Waals surface area contributed by atoms with Crippen molar-refractivity contribution >= 4 is 22.2 Å². The number of ether oxygens (including phenoxy) is 2. The molecule has 0 aromatic carbocycles. The average Bonchev–Trinajstić information content (AvgIpc) is 2.38. The van der Waals surface area contributed by atoms with Gasteiger partial charge in [0.05, 0.1) is 12.9 Å². The Kier molecular flexibility index (Phi) is 8.87. The quantitative estimate of drug-likeness (QED) is 0.371. The highest BCUT2D eigenvalue weighted by molar-refractivity contribution is 7.85. The second-order valence-corrected chi connectivity index (χ2v) is 9.05. The van der Waals surface area contributed by atoms with Gasteiger partial charge < -0.3 is 14.8 Å². The van der Waals surface area contributed by atoms with E-state index >= 15 is 0 Å². The van der Waals surface area contributed by atoms with Crippen LogP contribution in [0.25, 0.3) is 0 Å². The minimum Gasteiger partial charge on any atom is -0.458 e. The van der Waals surface area contributed by atoms with E-state index in [9.17, 15) is 18.0 Å². The molecule has 0 aliphatic heterocycles. The van der Waals surface area contributed by atoms with E-state index in [-0.39, 0.29) is 19.4 Å². The van der Waals surface area contributed by atoms with E-state index in [0.29, 0.717) is 6.42 Å². The molecule has 148 valence electrons. The van der Waals surface area contributed by atoms with Crippen LogP contribution in [0.1, 0.15) is 60.8 Å². The van der Waals surface area contributed by atoms with E-state index in [0.717, 1.165) is 6.26 Å². The number of hydrogen-bond donors (Lipinski definition) is 1. The molecule has 1 atom stereocenters. The van der Waals surface area contributed by atoms with Gasteiger partial charge in [-0.2, -0.15) is 8.42 Å². The lowest BCUT2D eigenvalue weighted by molar-refractivity contribution is -0.159. The van der Waals surface area contributed by atoms with Crippen LogP contribution in [-0.2, 0) is 28.6 Å². The predicted molar refractivity (Wildman–Crippen MR) is 93.6 cm³/mol. The van der Waals surface area contributed by atoms with Crippen LogP contribution in [0.2, 0.25) is 0 Å². The van der Waals surface area contributed by atoms with E-state index in [1.54, 1.807) is 34.6 Å². The van der Waals surface area contributed by atoms with E-state index in [4.69, 9.17) is 9.47 Å². The molecule has 1 amide bonds. The van der Waals surface area contributed by atoms with Gasteiger partial charge in [-0.15, -0.1) is 0 Å². The van der Waals surface area contributed by atoms with Crippen LogP contribution in [0.5, 0.6) is 0 Å². The second kappa shape index (κ2) is 9.38. The highest BCUT2D eigenvalue weighted by atomic mass is 32.2. The van der Waals surface area contributed by atoms with Gasteiger partial charge in [0.2, 0.25) is 0 Å². The molecule has 8 nitrogen and oxygen atoms in total. The molecule has 0 radical (unpaired) electrons. The monoisotopic (exact) mass is 381 g/mol. The first-order valence-corrected chi connectivity index (χ1v) is 10.0. The number of hydrogen-bond acceptors (Lipinski definition) is 7. The van der Waals surface area contributed by atoms with Crippen LogP contribution in [0.4, 0.5) is 4.79 Å². The average molecular weight is 381 g/mol. The van der Waals surface area contributed by atoms with Crippen molar-refractivity contribution in [2.24, 2.45) is 0 Å². The Morgan fingerprint density at radius 1 is 1.08 bits per heavy atom. The lowest BCUT2D eigenvalue weighted by atomic mass is 10.1. The summed E-state index contributed by atoms with van der Waals surface area (Å²) in [6, 6.07) is -0.955. The van der Waals surface area contributed by atoms with Gasteiger partial charge in [-0.25, -0.2) is 9.59 Å². The molecule has 0 aliphatic rings. The molecular formula is C16H31NO7S. The standard InChI is InChI=1S/C16H31NO7S/c1-8-16(5,6)23-13(18)12(10-9-11-22-25(7,20)21)17-14(19)24-15(2,3)4/h12H,8-11H2,1-7H3,(H,17,19)/t12-/m0/s1. The summed E-state index contributed by atoms with van der Waals surface area (Å²) >= 11 is 0. The smallest absolute Gasteiger partial charge is 0.408 e. The molecule has 0 aromatic heterocycles. The lowest BCUT2D eigenvalue weighted by Crippen LogP contribution is -2.46. The summed E-state index contributed by atoms with van der Waals surface area (Å²) in [6.45, 7) is 10.4. The number of rotatable bonds is 9. The fourth-order valence-electron chi connectivity index (χ4n) is 1.61. The number of carbonyl (C=O) groups excluding carboxylic acids is 2. The summed E-state index contributed by atoms with van der Waals surface area (Å²) in [5.41, 5.74) is -1.38.